The molecule has 0 spiro atoms. The second kappa shape index (κ2) is 8.21. The topological polar surface area (TPSA) is 6.48 Å². The summed E-state index contributed by atoms with van der Waals surface area (Å²) in [6.07, 6.45) is 1.31. The first-order valence-corrected chi connectivity index (χ1v) is 7.53. The quantitative estimate of drug-likeness (QED) is 0.800. The Hall–Kier alpha value is -1.02. The molecule has 0 radical (unpaired) electrons. The molecule has 1 aromatic carbocycles. The van der Waals surface area contributed by atoms with Crippen molar-refractivity contribution in [3.05, 3.63) is 29.8 Å². The van der Waals surface area contributed by atoms with Gasteiger partial charge in [-0.05, 0) is 32.0 Å². The molecular weight excluding hydrogens is 232 g/mol. The molecule has 1 heterocycles. The molecule has 0 unspecified atom stereocenters. The van der Waals surface area contributed by atoms with E-state index in [0.717, 1.165) is 19.0 Å². The Labute approximate surface area is 119 Å². The molecule has 1 fully saturated rings. The van der Waals surface area contributed by atoms with Crippen LogP contribution in [-0.2, 0) is 0 Å². The molecule has 2 nitrogen and oxygen atoms in total. The van der Waals surface area contributed by atoms with E-state index < -0.39 is 0 Å². The Balaban J connectivity index is 0.000000312. The Morgan fingerprint density at radius 1 is 1.00 bits per heavy atom. The molecule has 0 aromatic heterocycles. The van der Waals surface area contributed by atoms with Gasteiger partial charge in [-0.2, -0.15) is 0 Å². The summed E-state index contributed by atoms with van der Waals surface area (Å²) in [6, 6.07) is 8.82. The Bertz CT molecular complexity index is 335. The minimum atomic E-state index is 0.884. The molecule has 0 N–H and O–H groups in total. The second-order valence-electron chi connectivity index (χ2n) is 5.93. The lowest BCUT2D eigenvalue weighted by atomic mass is 10.2. The van der Waals surface area contributed by atoms with Gasteiger partial charge in [-0.15, -0.1) is 0 Å². The van der Waals surface area contributed by atoms with Crippen LogP contribution >= 0.6 is 0 Å². The van der Waals surface area contributed by atoms with Crippen LogP contribution in [0.5, 0.6) is 0 Å². The lowest BCUT2D eigenvalue weighted by Gasteiger charge is -2.34. The molecular formula is C17H30N2. The lowest BCUT2D eigenvalue weighted by molar-refractivity contribution is 0.313. The monoisotopic (exact) mass is 262 g/mol. The van der Waals surface area contributed by atoms with Gasteiger partial charge in [0.15, 0.2) is 0 Å². The molecule has 0 atom stereocenters. The van der Waals surface area contributed by atoms with E-state index in [1.807, 2.05) is 0 Å². The van der Waals surface area contributed by atoms with Gasteiger partial charge in [-0.3, -0.25) is 0 Å². The first kappa shape index (κ1) is 16.0. The van der Waals surface area contributed by atoms with Crippen LogP contribution in [0.25, 0.3) is 0 Å². The summed E-state index contributed by atoms with van der Waals surface area (Å²) in [4.78, 5) is 4.84. The maximum absolute atomic E-state index is 2.46. The summed E-state index contributed by atoms with van der Waals surface area (Å²) in [7, 11) is 2.19. The minimum Gasteiger partial charge on any atom is -0.369 e. The van der Waals surface area contributed by atoms with Crippen molar-refractivity contribution in [2.24, 2.45) is 5.92 Å². The van der Waals surface area contributed by atoms with E-state index >= 15 is 0 Å². The summed E-state index contributed by atoms with van der Waals surface area (Å²) in [5.41, 5.74) is 2.70. The first-order chi connectivity index (χ1) is 9.02. The normalized spacial score (nSPS) is 16.2. The number of rotatable bonds is 2. The van der Waals surface area contributed by atoms with E-state index in [-0.39, 0.29) is 0 Å². The lowest BCUT2D eigenvalue weighted by Crippen LogP contribution is -2.44. The number of piperazine rings is 1. The van der Waals surface area contributed by atoms with Crippen LogP contribution in [0.1, 0.15) is 32.8 Å². The van der Waals surface area contributed by atoms with E-state index in [2.05, 4.69) is 68.8 Å². The number of hydrogen-bond acceptors (Lipinski definition) is 2. The Kier molecular flexibility index (Phi) is 6.93. The van der Waals surface area contributed by atoms with Gasteiger partial charge in [0, 0.05) is 31.9 Å². The van der Waals surface area contributed by atoms with Crippen molar-refractivity contribution in [3.63, 3.8) is 0 Å². The maximum Gasteiger partial charge on any atom is 0.0367 e. The smallest absolute Gasteiger partial charge is 0.0367 e. The third-order valence-electron chi connectivity index (χ3n) is 3.72. The van der Waals surface area contributed by atoms with Crippen LogP contribution in [-0.4, -0.2) is 38.1 Å². The zero-order valence-corrected chi connectivity index (χ0v) is 13.3. The number of benzene rings is 1. The highest BCUT2D eigenvalue weighted by atomic mass is 15.2. The first-order valence-electron chi connectivity index (χ1n) is 7.53. The zero-order chi connectivity index (χ0) is 14.3. The van der Waals surface area contributed by atoms with Crippen molar-refractivity contribution in [2.75, 3.05) is 38.1 Å². The van der Waals surface area contributed by atoms with Crippen molar-refractivity contribution in [1.29, 1.82) is 0 Å². The van der Waals surface area contributed by atoms with Crippen molar-refractivity contribution in [2.45, 2.75) is 34.1 Å². The molecule has 1 saturated heterocycles. The molecule has 2 rings (SSSR count). The minimum absolute atomic E-state index is 0.884. The van der Waals surface area contributed by atoms with Crippen molar-refractivity contribution < 1.29 is 0 Å². The van der Waals surface area contributed by atoms with Crippen LogP contribution in [0.4, 0.5) is 5.69 Å². The summed E-state index contributed by atoms with van der Waals surface area (Å²) in [5, 5.41) is 0. The largest absolute Gasteiger partial charge is 0.369 e. The third-order valence-corrected chi connectivity index (χ3v) is 3.72. The van der Waals surface area contributed by atoms with Crippen LogP contribution in [0.3, 0.4) is 0 Å². The SMILES string of the molecule is CCC(C)C.Cc1ccc(N2CCN(C)CC2)cc1. The summed E-state index contributed by atoms with van der Waals surface area (Å²) >= 11 is 0. The van der Waals surface area contributed by atoms with Gasteiger partial charge < -0.3 is 9.80 Å². The molecule has 2 heteroatoms. The van der Waals surface area contributed by atoms with Gasteiger partial charge >= 0.3 is 0 Å². The predicted octanol–water partition coefficient (Wildman–Crippen LogP) is 3.80. The Morgan fingerprint density at radius 2 is 1.47 bits per heavy atom. The van der Waals surface area contributed by atoms with Gasteiger partial charge in [0.1, 0.15) is 0 Å². The fourth-order valence-corrected chi connectivity index (χ4v) is 1.82. The van der Waals surface area contributed by atoms with Crippen LogP contribution in [0.2, 0.25) is 0 Å². The van der Waals surface area contributed by atoms with E-state index in [1.54, 1.807) is 0 Å². The summed E-state index contributed by atoms with van der Waals surface area (Å²) in [5.74, 6) is 0.884. The molecule has 108 valence electrons. The highest BCUT2D eigenvalue weighted by molar-refractivity contribution is 5.47. The predicted molar refractivity (Wildman–Crippen MR) is 86.0 cm³/mol. The highest BCUT2D eigenvalue weighted by Gasteiger charge is 2.13. The summed E-state index contributed by atoms with van der Waals surface area (Å²) < 4.78 is 0. The zero-order valence-electron chi connectivity index (χ0n) is 13.3. The molecule has 0 amide bonds. The van der Waals surface area contributed by atoms with Gasteiger partial charge in [-0.25, -0.2) is 0 Å². The number of anilines is 1. The third kappa shape index (κ3) is 6.11. The fourth-order valence-electron chi connectivity index (χ4n) is 1.82. The molecule has 0 saturated carbocycles. The van der Waals surface area contributed by atoms with Crippen molar-refractivity contribution in [3.8, 4) is 0 Å². The van der Waals surface area contributed by atoms with E-state index in [1.165, 1.54) is 30.8 Å². The number of likely N-dealkylation sites (N-methyl/N-ethyl adjacent to an activating group) is 1. The average Bonchev–Trinajstić information content (AvgIpc) is 2.41. The average molecular weight is 262 g/mol. The van der Waals surface area contributed by atoms with Crippen molar-refractivity contribution >= 4 is 5.69 Å². The van der Waals surface area contributed by atoms with Gasteiger partial charge in [0.25, 0.3) is 0 Å². The highest BCUT2D eigenvalue weighted by Crippen LogP contribution is 2.16. The molecule has 19 heavy (non-hydrogen) atoms. The molecule has 1 aliphatic rings. The number of hydrogen-bond donors (Lipinski definition) is 0. The van der Waals surface area contributed by atoms with E-state index in [9.17, 15) is 0 Å². The second-order valence-corrected chi connectivity index (χ2v) is 5.93. The number of aryl methyl sites for hydroxylation is 1. The molecule has 1 aromatic rings. The summed E-state index contributed by atoms with van der Waals surface area (Å²) in [6.45, 7) is 13.4. The molecule has 0 aliphatic carbocycles. The fraction of sp³-hybridized carbons (Fsp3) is 0.647. The number of nitrogens with zero attached hydrogens (tertiary/aromatic N) is 2. The van der Waals surface area contributed by atoms with Gasteiger partial charge in [0.2, 0.25) is 0 Å². The van der Waals surface area contributed by atoms with Gasteiger partial charge in [0.05, 0.1) is 0 Å². The standard InChI is InChI=1S/C12H18N2.C5H12/c1-11-3-5-12(6-4-11)14-9-7-13(2)8-10-14;1-4-5(2)3/h3-6H,7-10H2,1-2H3;5H,4H2,1-3H3. The van der Waals surface area contributed by atoms with Crippen LogP contribution in [0.15, 0.2) is 24.3 Å². The maximum atomic E-state index is 2.46. The van der Waals surface area contributed by atoms with E-state index in [4.69, 9.17) is 0 Å². The van der Waals surface area contributed by atoms with E-state index in [0.29, 0.717) is 0 Å². The van der Waals surface area contributed by atoms with Crippen molar-refractivity contribution in [1.82, 2.24) is 4.90 Å². The van der Waals surface area contributed by atoms with Crippen LogP contribution < -0.4 is 4.90 Å². The van der Waals surface area contributed by atoms with Crippen LogP contribution in [0, 0.1) is 12.8 Å². The Morgan fingerprint density at radius 3 is 1.89 bits per heavy atom. The molecule has 0 bridgehead atoms. The van der Waals surface area contributed by atoms with Gasteiger partial charge in [-0.1, -0.05) is 44.9 Å². The molecule has 1 aliphatic heterocycles.